The number of halogens is 1. The van der Waals surface area contributed by atoms with Crippen molar-refractivity contribution in [3.8, 4) is 17.2 Å². The van der Waals surface area contributed by atoms with E-state index < -0.39 is 22.5 Å². The van der Waals surface area contributed by atoms with Crippen LogP contribution >= 0.6 is 11.6 Å². The first-order valence-corrected chi connectivity index (χ1v) is 10.7. The number of anilines is 1. The van der Waals surface area contributed by atoms with Gasteiger partial charge in [-0.2, -0.15) is 0 Å². The lowest BCUT2D eigenvalue weighted by atomic mass is 10.1. The van der Waals surface area contributed by atoms with Crippen LogP contribution in [0.5, 0.6) is 17.2 Å². The lowest BCUT2D eigenvalue weighted by Crippen LogP contribution is -2.40. The van der Waals surface area contributed by atoms with E-state index >= 15 is 0 Å². The summed E-state index contributed by atoms with van der Waals surface area (Å²) in [5.41, 5.74) is 0.873. The smallest absolute Gasteiger partial charge is 0.241 e. The van der Waals surface area contributed by atoms with Gasteiger partial charge in [0.15, 0.2) is 11.5 Å². The van der Waals surface area contributed by atoms with Gasteiger partial charge in [0.25, 0.3) is 0 Å². The molecule has 0 aliphatic rings. The number of ether oxygens (including phenoxy) is 3. The number of carbonyl (C=O) groups excluding carboxylic acids is 1. The Morgan fingerprint density at radius 3 is 2.24 bits per heavy atom. The van der Waals surface area contributed by atoms with Crippen LogP contribution in [-0.2, 0) is 21.4 Å². The fourth-order valence-corrected chi connectivity index (χ4v) is 3.87. The second kappa shape index (κ2) is 9.71. The van der Waals surface area contributed by atoms with Gasteiger partial charge in [-0.25, -0.2) is 8.42 Å². The highest BCUT2D eigenvalue weighted by Gasteiger charge is 2.23. The van der Waals surface area contributed by atoms with Crippen LogP contribution in [0.3, 0.4) is 0 Å². The molecule has 0 atom stereocenters. The minimum absolute atomic E-state index is 0.0997. The molecule has 2 rings (SSSR count). The van der Waals surface area contributed by atoms with Gasteiger partial charge in [0.2, 0.25) is 21.7 Å². The van der Waals surface area contributed by atoms with Gasteiger partial charge in [0.1, 0.15) is 6.54 Å². The molecule has 0 radical (unpaired) electrons. The number of rotatable bonds is 9. The standard InChI is InChI=1S/C19H23ClN2O6S/c1-26-16-10-9-13(18(27-2)19(16)28-3)11-21-17(23)12-22(29(4,24)25)15-8-6-5-7-14(15)20/h5-10H,11-12H2,1-4H3,(H,21,23). The lowest BCUT2D eigenvalue weighted by molar-refractivity contribution is -0.119. The van der Waals surface area contributed by atoms with Crippen molar-refractivity contribution in [3.63, 3.8) is 0 Å². The molecule has 29 heavy (non-hydrogen) atoms. The van der Waals surface area contributed by atoms with Crippen molar-refractivity contribution in [2.45, 2.75) is 6.54 Å². The molecule has 0 fully saturated rings. The van der Waals surface area contributed by atoms with Gasteiger partial charge in [-0.1, -0.05) is 23.7 Å². The molecule has 2 aromatic carbocycles. The normalized spacial score (nSPS) is 10.9. The maximum absolute atomic E-state index is 12.5. The Kier molecular flexibility index (Phi) is 7.58. The van der Waals surface area contributed by atoms with Crippen molar-refractivity contribution >= 4 is 33.2 Å². The third-order valence-electron chi connectivity index (χ3n) is 4.07. The first-order valence-electron chi connectivity index (χ1n) is 8.49. The predicted molar refractivity (Wildman–Crippen MR) is 112 cm³/mol. The van der Waals surface area contributed by atoms with Crippen LogP contribution in [0.2, 0.25) is 5.02 Å². The first kappa shape index (κ1) is 22.6. The van der Waals surface area contributed by atoms with Gasteiger partial charge in [-0.15, -0.1) is 0 Å². The second-order valence-corrected chi connectivity index (χ2v) is 8.31. The molecule has 0 bridgehead atoms. The molecule has 0 aliphatic heterocycles. The van der Waals surface area contributed by atoms with Crippen LogP contribution < -0.4 is 23.8 Å². The molecule has 0 aliphatic carbocycles. The lowest BCUT2D eigenvalue weighted by Gasteiger charge is -2.23. The molecule has 8 nitrogen and oxygen atoms in total. The number of methoxy groups -OCH3 is 3. The van der Waals surface area contributed by atoms with E-state index in [0.717, 1.165) is 10.6 Å². The molecule has 0 aromatic heterocycles. The van der Waals surface area contributed by atoms with Gasteiger partial charge in [0, 0.05) is 12.1 Å². The number of carbonyl (C=O) groups is 1. The quantitative estimate of drug-likeness (QED) is 0.641. The molecule has 1 N–H and O–H groups in total. The van der Waals surface area contributed by atoms with Crippen LogP contribution in [0.25, 0.3) is 0 Å². The Hall–Kier alpha value is -2.65. The number of hydrogen-bond donors (Lipinski definition) is 1. The molecule has 10 heteroatoms. The summed E-state index contributed by atoms with van der Waals surface area (Å²) in [6, 6.07) is 9.83. The van der Waals surface area contributed by atoms with E-state index in [-0.39, 0.29) is 17.3 Å². The predicted octanol–water partition coefficient (Wildman–Crippen LogP) is 2.45. The van der Waals surface area contributed by atoms with Crippen molar-refractivity contribution < 1.29 is 27.4 Å². The topological polar surface area (TPSA) is 94.2 Å². The monoisotopic (exact) mass is 442 g/mol. The number of nitrogens with zero attached hydrogens (tertiary/aromatic N) is 1. The Bertz CT molecular complexity index is 981. The summed E-state index contributed by atoms with van der Waals surface area (Å²) in [7, 11) is 0.743. The summed E-state index contributed by atoms with van der Waals surface area (Å²) in [4.78, 5) is 12.5. The van der Waals surface area contributed by atoms with E-state index in [4.69, 9.17) is 25.8 Å². The Morgan fingerprint density at radius 2 is 1.69 bits per heavy atom. The summed E-state index contributed by atoms with van der Waals surface area (Å²) in [5, 5.41) is 2.92. The van der Waals surface area contributed by atoms with E-state index in [1.807, 2.05) is 0 Å². The molecule has 1 amide bonds. The second-order valence-electron chi connectivity index (χ2n) is 5.99. The Balaban J connectivity index is 2.19. The molecule has 0 saturated carbocycles. The van der Waals surface area contributed by atoms with Crippen molar-refractivity contribution in [3.05, 3.63) is 47.0 Å². The van der Waals surface area contributed by atoms with E-state index in [9.17, 15) is 13.2 Å². The number of para-hydroxylation sites is 1. The molecule has 0 spiro atoms. The van der Waals surface area contributed by atoms with Crippen molar-refractivity contribution in [2.24, 2.45) is 0 Å². The van der Waals surface area contributed by atoms with E-state index in [2.05, 4.69) is 5.32 Å². The number of sulfonamides is 1. The number of benzene rings is 2. The van der Waals surface area contributed by atoms with Crippen molar-refractivity contribution in [1.82, 2.24) is 5.32 Å². The van der Waals surface area contributed by atoms with Gasteiger partial charge < -0.3 is 19.5 Å². The Labute approximate surface area is 175 Å². The van der Waals surface area contributed by atoms with Crippen LogP contribution in [0, 0.1) is 0 Å². The molecule has 158 valence electrons. The summed E-state index contributed by atoms with van der Waals surface area (Å²) in [5.74, 6) is 0.794. The number of hydrogen-bond acceptors (Lipinski definition) is 6. The zero-order chi connectivity index (χ0) is 21.6. The van der Waals surface area contributed by atoms with Crippen LogP contribution in [0.1, 0.15) is 5.56 Å². The highest BCUT2D eigenvalue weighted by Crippen LogP contribution is 2.39. The maximum atomic E-state index is 12.5. The SMILES string of the molecule is COc1ccc(CNC(=O)CN(c2ccccc2Cl)S(C)(=O)=O)c(OC)c1OC. The van der Waals surface area contributed by atoms with Crippen LogP contribution in [0.4, 0.5) is 5.69 Å². The third kappa shape index (κ3) is 5.45. The zero-order valence-electron chi connectivity index (χ0n) is 16.6. The first-order chi connectivity index (χ1) is 13.7. The van der Waals surface area contributed by atoms with Gasteiger partial charge in [-0.05, 0) is 24.3 Å². The molecular formula is C19H23ClN2O6S. The Morgan fingerprint density at radius 1 is 1.03 bits per heavy atom. The summed E-state index contributed by atoms with van der Waals surface area (Å²) < 4.78 is 41.3. The number of amides is 1. The fraction of sp³-hybridized carbons (Fsp3) is 0.316. The average Bonchev–Trinajstić information content (AvgIpc) is 2.69. The third-order valence-corrected chi connectivity index (χ3v) is 5.52. The summed E-state index contributed by atoms with van der Waals surface area (Å²) in [6.07, 6.45) is 1.01. The van der Waals surface area contributed by atoms with Gasteiger partial charge >= 0.3 is 0 Å². The van der Waals surface area contributed by atoms with Gasteiger partial charge in [-0.3, -0.25) is 9.10 Å². The van der Waals surface area contributed by atoms with Crippen LogP contribution in [0.15, 0.2) is 36.4 Å². The molecular weight excluding hydrogens is 420 g/mol. The van der Waals surface area contributed by atoms with Gasteiger partial charge in [0.05, 0.1) is 38.3 Å². The average molecular weight is 443 g/mol. The minimum Gasteiger partial charge on any atom is -0.493 e. The zero-order valence-corrected chi connectivity index (χ0v) is 18.1. The number of nitrogens with one attached hydrogen (secondary N) is 1. The fourth-order valence-electron chi connectivity index (χ4n) is 2.72. The highest BCUT2D eigenvalue weighted by molar-refractivity contribution is 7.92. The minimum atomic E-state index is -3.72. The van der Waals surface area contributed by atoms with E-state index in [1.165, 1.54) is 27.4 Å². The summed E-state index contributed by atoms with van der Waals surface area (Å²) in [6.45, 7) is -0.319. The van der Waals surface area contributed by atoms with Crippen LogP contribution in [-0.4, -0.2) is 48.5 Å². The van der Waals surface area contributed by atoms with E-state index in [0.29, 0.717) is 22.8 Å². The molecule has 0 heterocycles. The van der Waals surface area contributed by atoms with E-state index in [1.54, 1.807) is 30.3 Å². The molecule has 2 aromatic rings. The summed E-state index contributed by atoms with van der Waals surface area (Å²) >= 11 is 6.10. The largest absolute Gasteiger partial charge is 0.493 e. The highest BCUT2D eigenvalue weighted by atomic mass is 35.5. The van der Waals surface area contributed by atoms with Crippen molar-refractivity contribution in [2.75, 3.05) is 38.4 Å². The molecule has 0 unspecified atom stereocenters. The van der Waals surface area contributed by atoms with Crippen molar-refractivity contribution in [1.29, 1.82) is 0 Å². The maximum Gasteiger partial charge on any atom is 0.241 e. The molecule has 0 saturated heterocycles.